The summed E-state index contributed by atoms with van der Waals surface area (Å²) >= 11 is 0. The van der Waals surface area contributed by atoms with Crippen LogP contribution in [0, 0.1) is 5.92 Å². The number of anilines is 1. The first-order chi connectivity index (χ1) is 10.2. The molecular formula is C17H25ClN2O2. The third kappa shape index (κ3) is 4.37. The van der Waals surface area contributed by atoms with Gasteiger partial charge in [-0.05, 0) is 55.9 Å². The van der Waals surface area contributed by atoms with Crippen molar-refractivity contribution in [3.8, 4) is 5.75 Å². The molecule has 1 amide bonds. The van der Waals surface area contributed by atoms with E-state index in [-0.39, 0.29) is 18.3 Å². The molecule has 1 aromatic rings. The Hall–Kier alpha value is -1.26. The van der Waals surface area contributed by atoms with Crippen LogP contribution in [0.1, 0.15) is 44.9 Å². The summed E-state index contributed by atoms with van der Waals surface area (Å²) in [5.74, 6) is 1.48. The van der Waals surface area contributed by atoms with Crippen LogP contribution < -0.4 is 15.8 Å². The number of ether oxygens (including phenoxy) is 1. The molecule has 0 aromatic heterocycles. The number of amides is 1. The maximum atomic E-state index is 11.8. The fourth-order valence-electron chi connectivity index (χ4n) is 2.82. The lowest BCUT2D eigenvalue weighted by molar-refractivity contribution is -0.118. The van der Waals surface area contributed by atoms with Crippen molar-refractivity contribution in [3.63, 3.8) is 0 Å². The zero-order chi connectivity index (χ0) is 14.7. The largest absolute Gasteiger partial charge is 0.493 e. The van der Waals surface area contributed by atoms with Crippen LogP contribution in [0.3, 0.4) is 0 Å². The van der Waals surface area contributed by atoms with Crippen LogP contribution in [0.25, 0.3) is 0 Å². The molecule has 0 aliphatic heterocycles. The number of rotatable bonds is 5. The molecule has 2 aliphatic carbocycles. The van der Waals surface area contributed by atoms with Gasteiger partial charge in [-0.15, -0.1) is 12.4 Å². The van der Waals surface area contributed by atoms with Crippen molar-refractivity contribution in [2.45, 2.75) is 50.5 Å². The number of benzene rings is 1. The average Bonchev–Trinajstić information content (AvgIpc) is 3.27. The predicted molar refractivity (Wildman–Crippen MR) is 90.5 cm³/mol. The van der Waals surface area contributed by atoms with Crippen molar-refractivity contribution in [1.82, 2.24) is 0 Å². The predicted octanol–water partition coefficient (Wildman–Crippen LogP) is 3.50. The lowest BCUT2D eigenvalue weighted by Crippen LogP contribution is -2.37. The highest BCUT2D eigenvalue weighted by molar-refractivity contribution is 6.00. The number of halogens is 1. The normalized spacial score (nSPS) is 19.9. The van der Waals surface area contributed by atoms with E-state index in [9.17, 15) is 4.79 Å². The van der Waals surface area contributed by atoms with Crippen LogP contribution in [0.2, 0.25) is 0 Å². The summed E-state index contributed by atoms with van der Waals surface area (Å²) in [4.78, 5) is 11.8. The second-order valence-corrected chi connectivity index (χ2v) is 6.45. The Balaban J connectivity index is 0.00000176. The van der Waals surface area contributed by atoms with Gasteiger partial charge in [0.25, 0.3) is 0 Å². The molecule has 2 aliphatic rings. The first kappa shape index (κ1) is 17.1. The van der Waals surface area contributed by atoms with Gasteiger partial charge in [-0.3, -0.25) is 4.79 Å². The van der Waals surface area contributed by atoms with E-state index in [1.165, 1.54) is 32.1 Å². The molecule has 0 saturated heterocycles. The highest BCUT2D eigenvalue weighted by atomic mass is 35.5. The molecule has 2 fully saturated rings. The van der Waals surface area contributed by atoms with E-state index in [4.69, 9.17) is 10.5 Å². The minimum Gasteiger partial charge on any atom is -0.493 e. The quantitative estimate of drug-likeness (QED) is 0.871. The first-order valence-corrected chi connectivity index (χ1v) is 7.99. The zero-order valence-electron chi connectivity index (χ0n) is 12.8. The van der Waals surface area contributed by atoms with Gasteiger partial charge in [-0.2, -0.15) is 0 Å². The second kappa shape index (κ2) is 7.34. The Morgan fingerprint density at radius 1 is 1.18 bits per heavy atom. The molecule has 122 valence electrons. The average molecular weight is 325 g/mol. The molecule has 0 radical (unpaired) electrons. The lowest BCUT2D eigenvalue weighted by Gasteiger charge is -2.21. The van der Waals surface area contributed by atoms with Gasteiger partial charge in [0.1, 0.15) is 5.75 Å². The summed E-state index contributed by atoms with van der Waals surface area (Å²) in [6.45, 7) is 0.803. The van der Waals surface area contributed by atoms with E-state index >= 15 is 0 Å². The van der Waals surface area contributed by atoms with Gasteiger partial charge in [0.05, 0.1) is 12.1 Å². The summed E-state index contributed by atoms with van der Waals surface area (Å²) in [5, 5.41) is 2.86. The van der Waals surface area contributed by atoms with Crippen molar-refractivity contribution in [2.24, 2.45) is 11.7 Å². The smallest absolute Gasteiger partial charge is 0.244 e. The Bertz CT molecular complexity index is 494. The van der Waals surface area contributed by atoms with E-state index in [1.54, 1.807) is 0 Å². The van der Waals surface area contributed by atoms with Crippen molar-refractivity contribution in [3.05, 3.63) is 24.3 Å². The molecule has 0 bridgehead atoms. The van der Waals surface area contributed by atoms with E-state index < -0.39 is 5.54 Å². The van der Waals surface area contributed by atoms with Gasteiger partial charge in [0.15, 0.2) is 0 Å². The van der Waals surface area contributed by atoms with Crippen LogP contribution in [-0.4, -0.2) is 18.1 Å². The number of nitrogens with two attached hydrogens (primary N) is 1. The van der Waals surface area contributed by atoms with Crippen molar-refractivity contribution in [2.75, 3.05) is 11.9 Å². The first-order valence-electron chi connectivity index (χ1n) is 7.99. The Morgan fingerprint density at radius 2 is 1.82 bits per heavy atom. The van der Waals surface area contributed by atoms with E-state index in [1.807, 2.05) is 24.3 Å². The lowest BCUT2D eigenvalue weighted by atomic mass is 9.90. The molecule has 3 rings (SSSR count). The fraction of sp³-hybridized carbons (Fsp3) is 0.588. The maximum Gasteiger partial charge on any atom is 0.244 e. The van der Waals surface area contributed by atoms with E-state index in [0.717, 1.165) is 30.9 Å². The molecule has 4 nitrogen and oxygen atoms in total. The molecule has 0 spiro atoms. The van der Waals surface area contributed by atoms with Gasteiger partial charge in [0.2, 0.25) is 5.91 Å². The number of hydrogen-bond acceptors (Lipinski definition) is 3. The molecular weight excluding hydrogens is 300 g/mol. The molecule has 0 heterocycles. The summed E-state index contributed by atoms with van der Waals surface area (Å²) in [6, 6.07) is 7.57. The molecule has 5 heteroatoms. The molecule has 3 N–H and O–H groups in total. The van der Waals surface area contributed by atoms with Gasteiger partial charge in [-0.25, -0.2) is 0 Å². The van der Waals surface area contributed by atoms with Gasteiger partial charge >= 0.3 is 0 Å². The SMILES string of the molecule is Cl.NC1(C(=O)Nc2ccc(OCC3CCCCC3)cc2)CC1. The molecule has 0 unspecified atom stereocenters. The number of hydrogen-bond donors (Lipinski definition) is 2. The van der Waals surface area contributed by atoms with Crippen molar-refractivity contribution >= 4 is 24.0 Å². The minimum atomic E-state index is -0.629. The van der Waals surface area contributed by atoms with Crippen LogP contribution in [0.5, 0.6) is 5.75 Å². The number of carbonyl (C=O) groups excluding carboxylic acids is 1. The second-order valence-electron chi connectivity index (χ2n) is 6.45. The Kier molecular flexibility index (Phi) is 5.70. The molecule has 2 saturated carbocycles. The minimum absolute atomic E-state index is 0. The van der Waals surface area contributed by atoms with Crippen molar-refractivity contribution < 1.29 is 9.53 Å². The van der Waals surface area contributed by atoms with Gasteiger partial charge in [0, 0.05) is 5.69 Å². The number of nitrogens with one attached hydrogen (secondary N) is 1. The molecule has 1 aromatic carbocycles. The van der Waals surface area contributed by atoms with Crippen LogP contribution >= 0.6 is 12.4 Å². The zero-order valence-corrected chi connectivity index (χ0v) is 13.7. The highest BCUT2D eigenvalue weighted by Gasteiger charge is 2.45. The standard InChI is InChI=1S/C17H24N2O2.ClH/c18-17(10-11-17)16(20)19-14-6-8-15(9-7-14)21-12-13-4-2-1-3-5-13;/h6-9,13H,1-5,10-12,18H2,(H,19,20);1H. The van der Waals surface area contributed by atoms with Gasteiger partial charge < -0.3 is 15.8 Å². The van der Waals surface area contributed by atoms with Crippen LogP contribution in [0.15, 0.2) is 24.3 Å². The summed E-state index contributed by atoms with van der Waals surface area (Å²) in [6.07, 6.45) is 8.16. The third-order valence-corrected chi connectivity index (χ3v) is 4.56. The van der Waals surface area contributed by atoms with E-state index in [0.29, 0.717) is 5.92 Å². The fourth-order valence-corrected chi connectivity index (χ4v) is 2.82. The topological polar surface area (TPSA) is 64.4 Å². The van der Waals surface area contributed by atoms with Crippen LogP contribution in [0.4, 0.5) is 5.69 Å². The Morgan fingerprint density at radius 3 is 2.41 bits per heavy atom. The van der Waals surface area contributed by atoms with Gasteiger partial charge in [-0.1, -0.05) is 19.3 Å². The van der Waals surface area contributed by atoms with Crippen LogP contribution in [-0.2, 0) is 4.79 Å². The molecule has 0 atom stereocenters. The summed E-state index contributed by atoms with van der Waals surface area (Å²) in [5.41, 5.74) is 6.01. The van der Waals surface area contributed by atoms with E-state index in [2.05, 4.69) is 5.32 Å². The van der Waals surface area contributed by atoms with Crippen molar-refractivity contribution in [1.29, 1.82) is 0 Å². The Labute approximate surface area is 138 Å². The molecule has 22 heavy (non-hydrogen) atoms. The monoisotopic (exact) mass is 324 g/mol. The third-order valence-electron chi connectivity index (χ3n) is 4.56. The number of carbonyl (C=O) groups is 1. The highest BCUT2D eigenvalue weighted by Crippen LogP contribution is 2.33. The maximum absolute atomic E-state index is 11.8. The summed E-state index contributed by atoms with van der Waals surface area (Å²) in [7, 11) is 0. The summed E-state index contributed by atoms with van der Waals surface area (Å²) < 4.78 is 5.85.